The van der Waals surface area contributed by atoms with Gasteiger partial charge in [-0.2, -0.15) is 5.10 Å². The molecule has 0 bridgehead atoms. The summed E-state index contributed by atoms with van der Waals surface area (Å²) in [5, 5.41) is 4.70. The SMILES string of the molecule is CC(C)n1nc(-c2c(F)ccc(OCc3ccccc3)c2F)c2c(N)ncnc21. The van der Waals surface area contributed by atoms with Crippen LogP contribution >= 0.6 is 0 Å². The molecule has 4 rings (SSSR count). The van der Waals surface area contributed by atoms with E-state index in [9.17, 15) is 4.39 Å². The molecule has 0 amide bonds. The summed E-state index contributed by atoms with van der Waals surface area (Å²) in [5.74, 6) is -1.59. The third-order valence-corrected chi connectivity index (χ3v) is 4.54. The third kappa shape index (κ3) is 3.37. The monoisotopic (exact) mass is 395 g/mol. The summed E-state index contributed by atoms with van der Waals surface area (Å²) in [4.78, 5) is 8.16. The van der Waals surface area contributed by atoms with Crippen molar-refractivity contribution in [2.24, 2.45) is 0 Å². The van der Waals surface area contributed by atoms with Gasteiger partial charge in [0.15, 0.2) is 17.2 Å². The molecule has 148 valence electrons. The van der Waals surface area contributed by atoms with E-state index < -0.39 is 11.6 Å². The molecule has 0 aliphatic carbocycles. The van der Waals surface area contributed by atoms with Crippen molar-refractivity contribution in [3.63, 3.8) is 0 Å². The second-order valence-electron chi connectivity index (χ2n) is 6.85. The molecule has 0 aliphatic rings. The van der Waals surface area contributed by atoms with Crippen LogP contribution in [-0.2, 0) is 6.61 Å². The smallest absolute Gasteiger partial charge is 0.177 e. The van der Waals surface area contributed by atoms with E-state index in [0.29, 0.717) is 11.0 Å². The molecule has 2 heterocycles. The number of ether oxygens (including phenoxy) is 1. The molecular weight excluding hydrogens is 376 g/mol. The lowest BCUT2D eigenvalue weighted by atomic mass is 10.1. The van der Waals surface area contributed by atoms with Crippen LogP contribution in [0.25, 0.3) is 22.3 Å². The Balaban J connectivity index is 1.83. The first-order valence-corrected chi connectivity index (χ1v) is 9.11. The maximum Gasteiger partial charge on any atom is 0.177 e. The number of fused-ring (bicyclic) bond motifs is 1. The number of hydrogen-bond donors (Lipinski definition) is 1. The minimum absolute atomic E-state index is 0.0481. The van der Waals surface area contributed by atoms with Crippen LogP contribution < -0.4 is 10.5 Å². The second kappa shape index (κ2) is 7.46. The van der Waals surface area contributed by atoms with E-state index in [-0.39, 0.29) is 35.5 Å². The summed E-state index contributed by atoms with van der Waals surface area (Å²) < 4.78 is 37.2. The molecule has 0 unspecified atom stereocenters. The number of rotatable bonds is 5. The maximum atomic E-state index is 15.3. The molecule has 0 saturated carbocycles. The van der Waals surface area contributed by atoms with Crippen LogP contribution in [0.4, 0.5) is 14.6 Å². The molecule has 0 spiro atoms. The lowest BCUT2D eigenvalue weighted by molar-refractivity contribution is 0.290. The van der Waals surface area contributed by atoms with Gasteiger partial charge < -0.3 is 10.5 Å². The average Bonchev–Trinajstić information content (AvgIpc) is 3.09. The zero-order chi connectivity index (χ0) is 20.5. The van der Waals surface area contributed by atoms with Crippen LogP contribution in [0.2, 0.25) is 0 Å². The number of anilines is 1. The summed E-state index contributed by atoms with van der Waals surface area (Å²) in [6.07, 6.45) is 1.30. The number of benzene rings is 2. The summed E-state index contributed by atoms with van der Waals surface area (Å²) in [5.41, 5.74) is 7.01. The van der Waals surface area contributed by atoms with E-state index in [4.69, 9.17) is 10.5 Å². The molecule has 0 atom stereocenters. The third-order valence-electron chi connectivity index (χ3n) is 4.54. The van der Waals surface area contributed by atoms with E-state index in [0.717, 1.165) is 11.6 Å². The zero-order valence-electron chi connectivity index (χ0n) is 15.9. The Morgan fingerprint density at radius 1 is 1.07 bits per heavy atom. The molecule has 0 saturated heterocycles. The largest absolute Gasteiger partial charge is 0.486 e. The fourth-order valence-electron chi connectivity index (χ4n) is 3.13. The van der Waals surface area contributed by atoms with Crippen molar-refractivity contribution in [1.82, 2.24) is 19.7 Å². The Morgan fingerprint density at radius 2 is 1.83 bits per heavy atom. The highest BCUT2D eigenvalue weighted by molar-refractivity contribution is 5.98. The van der Waals surface area contributed by atoms with E-state index in [1.54, 1.807) is 4.68 Å². The Morgan fingerprint density at radius 3 is 2.55 bits per heavy atom. The van der Waals surface area contributed by atoms with E-state index >= 15 is 4.39 Å². The Hall–Kier alpha value is -3.55. The lowest BCUT2D eigenvalue weighted by Gasteiger charge is -2.11. The first-order valence-electron chi connectivity index (χ1n) is 9.11. The van der Waals surface area contributed by atoms with Crippen LogP contribution in [0, 0.1) is 11.6 Å². The molecule has 0 aliphatic heterocycles. The highest BCUT2D eigenvalue weighted by Gasteiger charge is 2.25. The first kappa shape index (κ1) is 18.8. The van der Waals surface area contributed by atoms with Crippen LogP contribution in [0.1, 0.15) is 25.5 Å². The first-order chi connectivity index (χ1) is 14.0. The Bertz CT molecular complexity index is 1170. The van der Waals surface area contributed by atoms with Gasteiger partial charge in [0.25, 0.3) is 0 Å². The number of nitrogen functional groups attached to an aromatic ring is 1. The molecule has 2 aromatic heterocycles. The molecule has 4 aromatic rings. The van der Waals surface area contributed by atoms with Gasteiger partial charge in [0.1, 0.15) is 30.3 Å². The quantitative estimate of drug-likeness (QED) is 0.538. The molecule has 0 radical (unpaired) electrons. The molecule has 2 aromatic carbocycles. The fraction of sp³-hybridized carbons (Fsp3) is 0.190. The zero-order valence-corrected chi connectivity index (χ0v) is 15.9. The number of aromatic nitrogens is 4. The van der Waals surface area contributed by atoms with Crippen molar-refractivity contribution in [3.8, 4) is 17.0 Å². The fourth-order valence-corrected chi connectivity index (χ4v) is 3.13. The topological polar surface area (TPSA) is 78.9 Å². The van der Waals surface area contributed by atoms with Gasteiger partial charge in [0, 0.05) is 6.04 Å². The van der Waals surface area contributed by atoms with Crippen molar-refractivity contribution in [2.75, 3.05) is 5.73 Å². The van der Waals surface area contributed by atoms with Gasteiger partial charge in [-0.3, -0.25) is 0 Å². The molecule has 6 nitrogen and oxygen atoms in total. The predicted octanol–water partition coefficient (Wildman–Crippen LogP) is 4.51. The van der Waals surface area contributed by atoms with E-state index in [2.05, 4.69) is 15.1 Å². The number of halogens is 2. The number of nitrogens with two attached hydrogens (primary N) is 1. The highest BCUT2D eigenvalue weighted by atomic mass is 19.1. The van der Waals surface area contributed by atoms with Crippen molar-refractivity contribution in [1.29, 1.82) is 0 Å². The average molecular weight is 395 g/mol. The van der Waals surface area contributed by atoms with Gasteiger partial charge in [-0.15, -0.1) is 0 Å². The van der Waals surface area contributed by atoms with Gasteiger partial charge in [-0.05, 0) is 31.5 Å². The normalized spacial score (nSPS) is 11.3. The molecule has 2 N–H and O–H groups in total. The summed E-state index contributed by atoms with van der Waals surface area (Å²) >= 11 is 0. The van der Waals surface area contributed by atoms with E-state index in [1.165, 1.54) is 12.4 Å². The molecule has 0 fully saturated rings. The van der Waals surface area contributed by atoms with Crippen molar-refractivity contribution in [3.05, 3.63) is 66.0 Å². The Labute approximate surface area is 166 Å². The van der Waals surface area contributed by atoms with Gasteiger partial charge in [0.2, 0.25) is 0 Å². The van der Waals surface area contributed by atoms with E-state index in [1.807, 2.05) is 44.2 Å². The van der Waals surface area contributed by atoms with Crippen LogP contribution in [0.15, 0.2) is 48.8 Å². The summed E-state index contributed by atoms with van der Waals surface area (Å²) in [7, 11) is 0. The number of nitrogens with zero attached hydrogens (tertiary/aromatic N) is 4. The Kier molecular flexibility index (Phi) is 4.84. The van der Waals surface area contributed by atoms with Gasteiger partial charge in [0.05, 0.1) is 10.9 Å². The van der Waals surface area contributed by atoms with Crippen LogP contribution in [0.3, 0.4) is 0 Å². The minimum atomic E-state index is -0.848. The van der Waals surface area contributed by atoms with Gasteiger partial charge >= 0.3 is 0 Å². The number of hydrogen-bond acceptors (Lipinski definition) is 5. The van der Waals surface area contributed by atoms with Crippen molar-refractivity contribution < 1.29 is 13.5 Å². The van der Waals surface area contributed by atoms with Crippen molar-refractivity contribution in [2.45, 2.75) is 26.5 Å². The molecular formula is C21H19F2N5O. The predicted molar refractivity (Wildman–Crippen MR) is 106 cm³/mol. The van der Waals surface area contributed by atoms with Gasteiger partial charge in [-0.1, -0.05) is 30.3 Å². The highest BCUT2D eigenvalue weighted by Crippen LogP contribution is 2.37. The van der Waals surface area contributed by atoms with Gasteiger partial charge in [-0.25, -0.2) is 23.4 Å². The van der Waals surface area contributed by atoms with Crippen molar-refractivity contribution >= 4 is 16.9 Å². The van der Waals surface area contributed by atoms with Crippen LogP contribution in [-0.4, -0.2) is 19.7 Å². The second-order valence-corrected chi connectivity index (χ2v) is 6.85. The summed E-state index contributed by atoms with van der Waals surface area (Å²) in [6.45, 7) is 3.93. The lowest BCUT2D eigenvalue weighted by Crippen LogP contribution is -2.04. The summed E-state index contributed by atoms with van der Waals surface area (Å²) in [6, 6.07) is 11.6. The maximum absolute atomic E-state index is 15.3. The van der Waals surface area contributed by atoms with Crippen LogP contribution in [0.5, 0.6) is 5.75 Å². The molecule has 29 heavy (non-hydrogen) atoms. The standard InChI is InChI=1S/C21H19F2N5O/c1-12(2)28-21-17(20(24)25-11-26-21)19(27-28)16-14(22)8-9-15(18(16)23)29-10-13-6-4-3-5-7-13/h3-9,11-12H,10H2,1-2H3,(H2,24,25,26). The minimum Gasteiger partial charge on any atom is -0.486 e. The molecule has 8 heteroatoms.